The Bertz CT molecular complexity index is 1480. The Balaban J connectivity index is 1.42. The van der Waals surface area contributed by atoms with Crippen molar-refractivity contribution >= 4 is 23.3 Å². The van der Waals surface area contributed by atoms with E-state index in [2.05, 4.69) is 16.4 Å². The number of aromatic nitrogens is 4. The summed E-state index contributed by atoms with van der Waals surface area (Å²) in [5.74, 6) is 1.78. The Kier molecular flexibility index (Phi) is 8.04. The van der Waals surface area contributed by atoms with Gasteiger partial charge in [-0.3, -0.25) is 4.98 Å². The van der Waals surface area contributed by atoms with Gasteiger partial charge in [-0.1, -0.05) is 24.4 Å². The van der Waals surface area contributed by atoms with Crippen molar-refractivity contribution in [2.75, 3.05) is 19.0 Å². The maximum absolute atomic E-state index is 13.4. The first-order valence-electron chi connectivity index (χ1n) is 12.8. The molecule has 0 saturated heterocycles. The van der Waals surface area contributed by atoms with Crippen LogP contribution in [0.2, 0.25) is 5.02 Å². The summed E-state index contributed by atoms with van der Waals surface area (Å²) in [6.45, 7) is 0.886. The van der Waals surface area contributed by atoms with Crippen molar-refractivity contribution < 1.29 is 9.53 Å². The van der Waals surface area contributed by atoms with Crippen molar-refractivity contribution in [3.8, 4) is 34.6 Å². The monoisotopic (exact) mass is 541 g/mol. The average molecular weight is 542 g/mol. The van der Waals surface area contributed by atoms with Crippen LogP contribution in [0, 0.1) is 11.3 Å². The third kappa shape index (κ3) is 6.02. The first-order valence-corrected chi connectivity index (χ1v) is 13.2. The largest absolute Gasteiger partial charge is 0.495 e. The van der Waals surface area contributed by atoms with Crippen molar-refractivity contribution in [2.45, 2.75) is 38.3 Å². The average Bonchev–Trinajstić information content (AvgIpc) is 3.65. The number of amides is 2. The number of nitrogens with zero attached hydrogens (tertiary/aromatic N) is 6. The summed E-state index contributed by atoms with van der Waals surface area (Å²) in [7, 11) is 1.57. The number of methoxy groups -OCH3 is 1. The zero-order valence-electron chi connectivity index (χ0n) is 21.5. The molecule has 2 heterocycles. The lowest BCUT2D eigenvalue weighted by atomic mass is 10.2. The second-order valence-corrected chi connectivity index (χ2v) is 9.73. The summed E-state index contributed by atoms with van der Waals surface area (Å²) in [6, 6.07) is 18.2. The summed E-state index contributed by atoms with van der Waals surface area (Å²) in [6.07, 6.45) is 7.51. The van der Waals surface area contributed by atoms with Gasteiger partial charge in [-0.15, -0.1) is 0 Å². The molecule has 0 bridgehead atoms. The van der Waals surface area contributed by atoms with E-state index < -0.39 is 0 Å². The molecule has 0 spiro atoms. The molecule has 1 aliphatic carbocycles. The van der Waals surface area contributed by atoms with Gasteiger partial charge in [0.15, 0.2) is 11.6 Å². The number of benzene rings is 2. The molecule has 0 atom stereocenters. The Morgan fingerprint density at radius 1 is 1.13 bits per heavy atom. The van der Waals surface area contributed by atoms with Crippen LogP contribution in [0.1, 0.15) is 31.2 Å². The minimum atomic E-state index is -0.171. The van der Waals surface area contributed by atoms with E-state index >= 15 is 0 Å². The minimum Gasteiger partial charge on any atom is -0.495 e. The number of pyridine rings is 1. The third-order valence-corrected chi connectivity index (χ3v) is 7.16. The Morgan fingerprint density at radius 3 is 2.54 bits per heavy atom. The van der Waals surface area contributed by atoms with Crippen molar-refractivity contribution in [1.29, 1.82) is 5.26 Å². The van der Waals surface area contributed by atoms with Crippen LogP contribution >= 0.6 is 11.6 Å². The van der Waals surface area contributed by atoms with E-state index in [1.807, 2.05) is 33.8 Å². The van der Waals surface area contributed by atoms with E-state index in [4.69, 9.17) is 31.7 Å². The first-order chi connectivity index (χ1) is 19.1. The highest BCUT2D eigenvalue weighted by Crippen LogP contribution is 2.31. The molecule has 5 rings (SSSR count). The van der Waals surface area contributed by atoms with Gasteiger partial charge in [-0.05, 0) is 67.4 Å². The van der Waals surface area contributed by atoms with Gasteiger partial charge in [0.25, 0.3) is 0 Å². The highest BCUT2D eigenvalue weighted by molar-refractivity contribution is 6.32. The van der Waals surface area contributed by atoms with E-state index in [0.717, 1.165) is 36.8 Å². The summed E-state index contributed by atoms with van der Waals surface area (Å²) in [4.78, 5) is 24.3. The van der Waals surface area contributed by atoms with Crippen LogP contribution < -0.4 is 10.1 Å². The van der Waals surface area contributed by atoms with Gasteiger partial charge in [0.1, 0.15) is 5.75 Å². The minimum absolute atomic E-state index is 0.144. The van der Waals surface area contributed by atoms with Crippen LogP contribution in [0.25, 0.3) is 22.8 Å². The molecule has 1 fully saturated rings. The zero-order chi connectivity index (χ0) is 27.2. The molecule has 2 amide bonds. The van der Waals surface area contributed by atoms with Crippen LogP contribution in [0.5, 0.6) is 5.75 Å². The van der Waals surface area contributed by atoms with E-state index in [-0.39, 0.29) is 12.1 Å². The van der Waals surface area contributed by atoms with E-state index in [1.165, 1.54) is 0 Å². The number of hydrogen-bond donors (Lipinski definition) is 1. The quantitative estimate of drug-likeness (QED) is 0.292. The van der Waals surface area contributed by atoms with Gasteiger partial charge in [0.2, 0.25) is 0 Å². The van der Waals surface area contributed by atoms with Gasteiger partial charge in [-0.25, -0.2) is 14.5 Å². The predicted molar refractivity (Wildman–Crippen MR) is 149 cm³/mol. The molecule has 1 saturated carbocycles. The van der Waals surface area contributed by atoms with Crippen LogP contribution in [0.4, 0.5) is 10.5 Å². The lowest BCUT2D eigenvalue weighted by Gasteiger charge is -2.29. The summed E-state index contributed by atoms with van der Waals surface area (Å²) < 4.78 is 7.14. The SMILES string of the molecule is COc1ccc(-c2nc(-c3ccncc3)nn2CCN(C(=O)Nc2ccc(C#N)cc2)C2CCCC2)cc1Cl. The Morgan fingerprint density at radius 2 is 1.87 bits per heavy atom. The number of ether oxygens (including phenoxy) is 1. The Hall–Kier alpha value is -4.42. The fourth-order valence-electron chi connectivity index (χ4n) is 4.83. The number of nitriles is 1. The van der Waals surface area contributed by atoms with E-state index in [1.54, 1.807) is 49.8 Å². The number of hydrogen-bond acceptors (Lipinski definition) is 6. The third-order valence-electron chi connectivity index (χ3n) is 6.86. The molecule has 10 heteroatoms. The number of carbonyl (C=O) groups excluding carboxylic acids is 1. The fourth-order valence-corrected chi connectivity index (χ4v) is 5.09. The molecule has 4 aromatic rings. The zero-order valence-corrected chi connectivity index (χ0v) is 22.3. The van der Waals surface area contributed by atoms with Gasteiger partial charge >= 0.3 is 6.03 Å². The summed E-state index contributed by atoms with van der Waals surface area (Å²) >= 11 is 6.44. The van der Waals surface area contributed by atoms with Gasteiger partial charge in [0, 0.05) is 41.8 Å². The van der Waals surface area contributed by atoms with Crippen molar-refractivity contribution in [1.82, 2.24) is 24.6 Å². The number of rotatable bonds is 8. The predicted octanol–water partition coefficient (Wildman–Crippen LogP) is 6.02. The molecule has 2 aromatic carbocycles. The number of halogens is 1. The highest BCUT2D eigenvalue weighted by Gasteiger charge is 2.27. The van der Waals surface area contributed by atoms with E-state index in [9.17, 15) is 4.79 Å². The van der Waals surface area contributed by atoms with Gasteiger partial charge in [0.05, 0.1) is 30.3 Å². The maximum atomic E-state index is 13.4. The van der Waals surface area contributed by atoms with Crippen LogP contribution in [0.15, 0.2) is 67.0 Å². The number of nitrogens with one attached hydrogen (secondary N) is 1. The standard InChI is InChI=1S/C29H28ClN7O2/c1-39-26-11-8-22(18-25(26)30)28-34-27(21-12-14-32-15-13-21)35-37(28)17-16-36(24-4-2-3-5-24)29(38)33-23-9-6-20(19-31)7-10-23/h6-15,18,24H,2-5,16-17H2,1H3,(H,33,38). The fraction of sp³-hybridized carbons (Fsp3) is 0.276. The number of urea groups is 1. The highest BCUT2D eigenvalue weighted by atomic mass is 35.5. The molecule has 198 valence electrons. The van der Waals surface area contributed by atoms with Crippen LogP contribution in [-0.2, 0) is 6.54 Å². The molecule has 0 aliphatic heterocycles. The molecular formula is C29H28ClN7O2. The molecule has 9 nitrogen and oxygen atoms in total. The molecule has 0 unspecified atom stereocenters. The second kappa shape index (κ2) is 12.0. The van der Waals surface area contributed by atoms with Gasteiger partial charge in [-0.2, -0.15) is 10.4 Å². The van der Waals surface area contributed by atoms with Crippen molar-refractivity contribution in [2.24, 2.45) is 0 Å². The molecule has 39 heavy (non-hydrogen) atoms. The number of anilines is 1. The lowest BCUT2D eigenvalue weighted by molar-refractivity contribution is 0.184. The lowest BCUT2D eigenvalue weighted by Crippen LogP contribution is -2.43. The van der Waals surface area contributed by atoms with Crippen LogP contribution in [-0.4, -0.2) is 50.4 Å². The van der Waals surface area contributed by atoms with E-state index in [0.29, 0.717) is 46.8 Å². The van der Waals surface area contributed by atoms with Gasteiger partial charge < -0.3 is 15.0 Å². The number of carbonyl (C=O) groups is 1. The molecule has 1 aliphatic rings. The first kappa shape index (κ1) is 26.2. The molecule has 1 N–H and O–H groups in total. The summed E-state index contributed by atoms with van der Waals surface area (Å²) in [5.41, 5.74) is 2.83. The summed E-state index contributed by atoms with van der Waals surface area (Å²) in [5, 5.41) is 17.3. The molecule has 0 radical (unpaired) electrons. The Labute approximate surface area is 232 Å². The topological polar surface area (TPSA) is 109 Å². The van der Waals surface area contributed by atoms with Crippen LogP contribution in [0.3, 0.4) is 0 Å². The smallest absolute Gasteiger partial charge is 0.322 e. The normalized spacial score (nSPS) is 13.2. The second-order valence-electron chi connectivity index (χ2n) is 9.32. The maximum Gasteiger partial charge on any atom is 0.322 e. The van der Waals surface area contributed by atoms with Crippen molar-refractivity contribution in [3.63, 3.8) is 0 Å². The molecular weight excluding hydrogens is 514 g/mol. The molecule has 2 aromatic heterocycles. The van der Waals surface area contributed by atoms with Crippen molar-refractivity contribution in [3.05, 3.63) is 77.6 Å².